The molecule has 0 unspecified atom stereocenters. The molecule has 2 aromatic heterocycles. The Morgan fingerprint density at radius 1 is 0.968 bits per heavy atom. The third kappa shape index (κ3) is 2.90. The lowest BCUT2D eigenvalue weighted by atomic mass is 10.0. The van der Waals surface area contributed by atoms with E-state index in [0.717, 1.165) is 28.9 Å². The van der Waals surface area contributed by atoms with Crippen molar-refractivity contribution in [3.05, 3.63) is 92.3 Å². The fourth-order valence-corrected chi connectivity index (χ4v) is 4.66. The Morgan fingerprint density at radius 2 is 1.68 bits per heavy atom. The number of nitrogens with zero attached hydrogens (tertiary/aromatic N) is 3. The number of fused-ring (bicyclic) bond motifs is 3. The SMILES string of the molecule is CCc1ccc([C@H]2OCCn3c(-c4ccccc4)c4c(=O)n(C)c(=O)n(C)c4c32)cc1. The summed E-state index contributed by atoms with van der Waals surface area (Å²) in [5, 5.41) is 0.562. The zero-order chi connectivity index (χ0) is 21.7. The van der Waals surface area contributed by atoms with Crippen LogP contribution in [0.4, 0.5) is 0 Å². The van der Waals surface area contributed by atoms with E-state index in [0.29, 0.717) is 24.1 Å². The molecule has 31 heavy (non-hydrogen) atoms. The first-order valence-corrected chi connectivity index (χ1v) is 10.6. The lowest BCUT2D eigenvalue weighted by molar-refractivity contribution is 0.0478. The van der Waals surface area contributed by atoms with E-state index in [1.165, 1.54) is 17.2 Å². The van der Waals surface area contributed by atoms with Crippen LogP contribution in [-0.4, -0.2) is 20.3 Å². The van der Waals surface area contributed by atoms with E-state index in [-0.39, 0.29) is 17.4 Å². The number of benzene rings is 2. The molecule has 1 aliphatic rings. The number of rotatable bonds is 3. The molecule has 0 bridgehead atoms. The summed E-state index contributed by atoms with van der Waals surface area (Å²) in [6.45, 7) is 3.28. The molecule has 0 spiro atoms. The highest BCUT2D eigenvalue weighted by Gasteiger charge is 2.32. The number of hydrogen-bond donors (Lipinski definition) is 0. The van der Waals surface area contributed by atoms with Crippen LogP contribution in [0, 0.1) is 0 Å². The molecule has 6 nitrogen and oxygen atoms in total. The fraction of sp³-hybridized carbons (Fsp3) is 0.280. The Morgan fingerprint density at radius 3 is 2.35 bits per heavy atom. The minimum absolute atomic E-state index is 0.279. The molecule has 0 radical (unpaired) electrons. The summed E-state index contributed by atoms with van der Waals surface area (Å²) in [7, 11) is 3.26. The van der Waals surface area contributed by atoms with Gasteiger partial charge in [0.2, 0.25) is 0 Å². The average molecular weight is 415 g/mol. The van der Waals surface area contributed by atoms with Crippen LogP contribution < -0.4 is 11.2 Å². The first-order valence-electron chi connectivity index (χ1n) is 10.6. The van der Waals surface area contributed by atoms with Gasteiger partial charge in [-0.1, -0.05) is 61.5 Å². The molecule has 0 saturated carbocycles. The van der Waals surface area contributed by atoms with Crippen molar-refractivity contribution in [3.8, 4) is 11.3 Å². The van der Waals surface area contributed by atoms with Crippen LogP contribution in [0.25, 0.3) is 22.2 Å². The molecule has 1 atom stereocenters. The number of ether oxygens (including phenoxy) is 1. The van der Waals surface area contributed by atoms with E-state index < -0.39 is 0 Å². The highest BCUT2D eigenvalue weighted by atomic mass is 16.5. The second kappa shape index (κ2) is 7.39. The van der Waals surface area contributed by atoms with Gasteiger partial charge in [-0.25, -0.2) is 4.79 Å². The molecule has 0 amide bonds. The van der Waals surface area contributed by atoms with Gasteiger partial charge in [-0.05, 0) is 23.1 Å². The maximum atomic E-state index is 13.3. The van der Waals surface area contributed by atoms with Crippen LogP contribution in [-0.2, 0) is 31.8 Å². The minimum Gasteiger partial charge on any atom is -0.365 e. The van der Waals surface area contributed by atoms with Crippen molar-refractivity contribution in [2.75, 3.05) is 6.61 Å². The monoisotopic (exact) mass is 415 g/mol. The first-order chi connectivity index (χ1) is 15.0. The Bertz CT molecular complexity index is 1390. The number of aryl methyl sites for hydroxylation is 2. The molecule has 1 aliphatic heterocycles. The summed E-state index contributed by atoms with van der Waals surface area (Å²) >= 11 is 0. The van der Waals surface area contributed by atoms with Gasteiger partial charge in [0.1, 0.15) is 6.10 Å². The molecule has 4 aromatic rings. The summed E-state index contributed by atoms with van der Waals surface area (Å²) in [5.41, 5.74) is 4.97. The van der Waals surface area contributed by atoms with Crippen molar-refractivity contribution in [2.24, 2.45) is 14.1 Å². The van der Waals surface area contributed by atoms with Gasteiger partial charge < -0.3 is 9.30 Å². The van der Waals surface area contributed by atoms with Crippen molar-refractivity contribution in [3.63, 3.8) is 0 Å². The van der Waals surface area contributed by atoms with Crippen molar-refractivity contribution in [2.45, 2.75) is 26.0 Å². The predicted molar refractivity (Wildman–Crippen MR) is 121 cm³/mol. The average Bonchev–Trinajstić information content (AvgIpc) is 3.17. The normalized spacial score (nSPS) is 15.9. The summed E-state index contributed by atoms with van der Waals surface area (Å²) < 4.78 is 11.2. The van der Waals surface area contributed by atoms with E-state index in [4.69, 9.17) is 4.74 Å². The quantitative estimate of drug-likeness (QED) is 0.515. The van der Waals surface area contributed by atoms with Crippen molar-refractivity contribution in [1.29, 1.82) is 0 Å². The van der Waals surface area contributed by atoms with Gasteiger partial charge in [0, 0.05) is 20.6 Å². The molecule has 0 aliphatic carbocycles. The maximum Gasteiger partial charge on any atom is 0.331 e. The molecule has 0 saturated heterocycles. The molecule has 5 rings (SSSR count). The smallest absolute Gasteiger partial charge is 0.331 e. The second-order valence-electron chi connectivity index (χ2n) is 8.03. The van der Waals surface area contributed by atoms with E-state index in [1.807, 2.05) is 30.3 Å². The summed E-state index contributed by atoms with van der Waals surface area (Å²) in [4.78, 5) is 26.2. The molecule has 2 aromatic carbocycles. The summed E-state index contributed by atoms with van der Waals surface area (Å²) in [6.07, 6.45) is 0.616. The Kier molecular flexibility index (Phi) is 4.67. The highest BCUT2D eigenvalue weighted by molar-refractivity contribution is 5.96. The van der Waals surface area contributed by atoms with E-state index in [9.17, 15) is 9.59 Å². The van der Waals surface area contributed by atoms with Crippen LogP contribution >= 0.6 is 0 Å². The predicted octanol–water partition coefficient (Wildman–Crippen LogP) is 3.39. The van der Waals surface area contributed by atoms with E-state index in [1.54, 1.807) is 11.6 Å². The van der Waals surface area contributed by atoms with Crippen molar-refractivity contribution in [1.82, 2.24) is 13.7 Å². The third-order valence-electron chi connectivity index (χ3n) is 6.29. The van der Waals surface area contributed by atoms with Gasteiger partial charge in [-0.3, -0.25) is 13.9 Å². The molecular weight excluding hydrogens is 390 g/mol. The maximum absolute atomic E-state index is 13.3. The summed E-state index contributed by atoms with van der Waals surface area (Å²) in [5.74, 6) is 0. The summed E-state index contributed by atoms with van der Waals surface area (Å²) in [6, 6.07) is 18.3. The molecule has 0 N–H and O–H groups in total. The van der Waals surface area contributed by atoms with Crippen molar-refractivity contribution >= 4 is 10.9 Å². The Labute approximate surface area is 179 Å². The van der Waals surface area contributed by atoms with E-state index >= 15 is 0 Å². The van der Waals surface area contributed by atoms with Crippen LogP contribution in [0.2, 0.25) is 0 Å². The van der Waals surface area contributed by atoms with Crippen LogP contribution in [0.1, 0.15) is 29.8 Å². The largest absolute Gasteiger partial charge is 0.365 e. The lowest BCUT2D eigenvalue weighted by Gasteiger charge is -2.28. The lowest BCUT2D eigenvalue weighted by Crippen LogP contribution is -2.37. The van der Waals surface area contributed by atoms with Crippen LogP contribution in [0.5, 0.6) is 0 Å². The Balaban J connectivity index is 1.90. The third-order valence-corrected chi connectivity index (χ3v) is 6.29. The molecule has 0 fully saturated rings. The van der Waals surface area contributed by atoms with Gasteiger partial charge in [-0.15, -0.1) is 0 Å². The Hall–Kier alpha value is -3.38. The molecule has 3 heterocycles. The first kappa shape index (κ1) is 19.6. The van der Waals surface area contributed by atoms with Crippen LogP contribution in [0.3, 0.4) is 0 Å². The van der Waals surface area contributed by atoms with Crippen LogP contribution in [0.15, 0.2) is 64.2 Å². The van der Waals surface area contributed by atoms with Gasteiger partial charge in [-0.2, -0.15) is 0 Å². The van der Waals surface area contributed by atoms with Gasteiger partial charge in [0.15, 0.2) is 0 Å². The molecule has 6 heteroatoms. The molecular formula is C25H25N3O3. The zero-order valence-electron chi connectivity index (χ0n) is 18.0. The second-order valence-corrected chi connectivity index (χ2v) is 8.03. The van der Waals surface area contributed by atoms with Gasteiger partial charge >= 0.3 is 5.69 Å². The van der Waals surface area contributed by atoms with Gasteiger partial charge in [0.25, 0.3) is 5.56 Å². The minimum atomic E-state index is -0.350. The van der Waals surface area contributed by atoms with Crippen molar-refractivity contribution < 1.29 is 4.74 Å². The fourth-order valence-electron chi connectivity index (χ4n) is 4.66. The number of hydrogen-bond acceptors (Lipinski definition) is 3. The highest BCUT2D eigenvalue weighted by Crippen LogP contribution is 2.40. The molecule has 158 valence electrons. The van der Waals surface area contributed by atoms with E-state index in [2.05, 4.69) is 35.8 Å². The number of aromatic nitrogens is 3. The standard InChI is InChI=1S/C25H25N3O3/c1-4-16-10-12-18(13-11-16)23-22-21-19(24(29)27(3)25(30)26(21)2)20(28(22)14-15-31-23)17-8-6-5-7-9-17/h5-13,23H,4,14-15H2,1-3H3/t23-/m1/s1. The topological polar surface area (TPSA) is 58.2 Å². The zero-order valence-corrected chi connectivity index (χ0v) is 18.0. The van der Waals surface area contributed by atoms with Gasteiger partial charge in [0.05, 0.1) is 28.9 Å².